The van der Waals surface area contributed by atoms with Crippen LogP contribution < -0.4 is 0 Å². The predicted molar refractivity (Wildman–Crippen MR) is 61.9 cm³/mol. The van der Waals surface area contributed by atoms with Gasteiger partial charge in [0.25, 0.3) is 0 Å². The molecule has 0 aromatic carbocycles. The predicted octanol–water partition coefficient (Wildman–Crippen LogP) is 1.35. The van der Waals surface area contributed by atoms with Crippen molar-refractivity contribution in [2.75, 3.05) is 19.8 Å². The van der Waals surface area contributed by atoms with Gasteiger partial charge in [0.05, 0.1) is 18.6 Å². The fourth-order valence-corrected chi connectivity index (χ4v) is 1.18. The number of carbonyl (C=O) groups excluding carboxylic acids is 1. The van der Waals surface area contributed by atoms with Crippen molar-refractivity contribution in [3.05, 3.63) is 0 Å². The van der Waals surface area contributed by atoms with E-state index in [-0.39, 0.29) is 25.8 Å². The normalized spacial score (nSPS) is 11.9. The first-order valence-corrected chi connectivity index (χ1v) is 5.87. The lowest BCUT2D eigenvalue weighted by Gasteiger charge is -2.27. The van der Waals surface area contributed by atoms with Gasteiger partial charge < -0.3 is 14.9 Å². The highest BCUT2D eigenvalue weighted by molar-refractivity contribution is 5.69. The molecule has 0 aliphatic rings. The van der Waals surface area contributed by atoms with Crippen LogP contribution in [-0.2, 0) is 9.53 Å². The van der Waals surface area contributed by atoms with Crippen LogP contribution in [0.5, 0.6) is 0 Å². The van der Waals surface area contributed by atoms with Gasteiger partial charge in [-0.2, -0.15) is 0 Å². The second-order valence-corrected chi connectivity index (χ2v) is 4.76. The molecule has 0 saturated heterocycles. The number of esters is 1. The number of hydrogen-bond acceptors (Lipinski definition) is 4. The monoisotopic (exact) mass is 232 g/mol. The third kappa shape index (κ3) is 5.47. The van der Waals surface area contributed by atoms with Gasteiger partial charge in [0.1, 0.15) is 6.61 Å². The molecule has 16 heavy (non-hydrogen) atoms. The molecule has 0 heterocycles. The Morgan fingerprint density at radius 1 is 1.31 bits per heavy atom. The van der Waals surface area contributed by atoms with Crippen molar-refractivity contribution in [2.24, 2.45) is 11.3 Å². The van der Waals surface area contributed by atoms with Crippen molar-refractivity contribution < 1.29 is 19.7 Å². The summed E-state index contributed by atoms with van der Waals surface area (Å²) in [7, 11) is 0. The van der Waals surface area contributed by atoms with E-state index in [1.165, 1.54) is 0 Å². The summed E-state index contributed by atoms with van der Waals surface area (Å²) in [5.41, 5.74) is -0.687. The van der Waals surface area contributed by atoms with Crippen LogP contribution in [0.4, 0.5) is 0 Å². The Kier molecular flexibility index (Phi) is 7.34. The van der Waals surface area contributed by atoms with E-state index in [1.807, 2.05) is 20.8 Å². The zero-order chi connectivity index (χ0) is 12.6. The van der Waals surface area contributed by atoms with E-state index in [0.29, 0.717) is 18.8 Å². The Hall–Kier alpha value is -0.610. The van der Waals surface area contributed by atoms with Crippen LogP contribution >= 0.6 is 0 Å². The number of hydrogen-bond donors (Lipinski definition) is 2. The number of carbonyl (C=O) groups is 1. The lowest BCUT2D eigenvalue weighted by molar-refractivity contribution is -0.150. The van der Waals surface area contributed by atoms with Gasteiger partial charge in [0, 0.05) is 6.42 Å². The van der Waals surface area contributed by atoms with Crippen molar-refractivity contribution in [3.63, 3.8) is 0 Å². The van der Waals surface area contributed by atoms with E-state index in [1.54, 1.807) is 0 Å². The van der Waals surface area contributed by atoms with E-state index in [9.17, 15) is 4.79 Å². The van der Waals surface area contributed by atoms with Crippen molar-refractivity contribution in [3.8, 4) is 0 Å². The maximum absolute atomic E-state index is 11.4. The SMILES string of the molecule is CCC(CO)(CO)COC(=O)CCC(C)C. The molecule has 0 radical (unpaired) electrons. The molecule has 0 spiro atoms. The fourth-order valence-electron chi connectivity index (χ4n) is 1.18. The van der Waals surface area contributed by atoms with Gasteiger partial charge in [-0.3, -0.25) is 4.79 Å². The molecule has 2 N–H and O–H groups in total. The van der Waals surface area contributed by atoms with Gasteiger partial charge in [0.2, 0.25) is 0 Å². The molecular weight excluding hydrogens is 208 g/mol. The molecule has 0 fully saturated rings. The summed E-state index contributed by atoms with van der Waals surface area (Å²) in [5, 5.41) is 18.3. The Morgan fingerprint density at radius 2 is 1.88 bits per heavy atom. The summed E-state index contributed by atoms with van der Waals surface area (Å²) in [4.78, 5) is 11.4. The Labute approximate surface area is 97.6 Å². The second kappa shape index (κ2) is 7.63. The largest absolute Gasteiger partial charge is 0.465 e. The van der Waals surface area contributed by atoms with E-state index in [2.05, 4.69) is 0 Å². The van der Waals surface area contributed by atoms with E-state index >= 15 is 0 Å². The molecule has 0 unspecified atom stereocenters. The molecule has 4 nitrogen and oxygen atoms in total. The van der Waals surface area contributed by atoms with Crippen LogP contribution in [0, 0.1) is 11.3 Å². The third-order valence-corrected chi connectivity index (χ3v) is 2.89. The number of ether oxygens (including phenoxy) is 1. The van der Waals surface area contributed by atoms with E-state index in [4.69, 9.17) is 14.9 Å². The average Bonchev–Trinajstić information content (AvgIpc) is 2.29. The van der Waals surface area contributed by atoms with Gasteiger partial charge in [-0.25, -0.2) is 0 Å². The maximum Gasteiger partial charge on any atom is 0.305 e. The quantitative estimate of drug-likeness (QED) is 0.620. The first kappa shape index (κ1) is 15.4. The average molecular weight is 232 g/mol. The van der Waals surface area contributed by atoms with Crippen molar-refractivity contribution >= 4 is 5.97 Å². The second-order valence-electron chi connectivity index (χ2n) is 4.76. The summed E-state index contributed by atoms with van der Waals surface area (Å²) in [6, 6.07) is 0. The molecule has 0 aliphatic carbocycles. The number of aliphatic hydroxyl groups excluding tert-OH is 2. The summed E-state index contributed by atoms with van der Waals surface area (Å²) in [5.74, 6) is 0.215. The first-order valence-electron chi connectivity index (χ1n) is 5.87. The van der Waals surface area contributed by atoms with Gasteiger partial charge >= 0.3 is 5.97 Å². The molecule has 0 bridgehead atoms. The lowest BCUT2D eigenvalue weighted by Crippen LogP contribution is -2.35. The number of rotatable bonds is 8. The number of aliphatic hydroxyl groups is 2. The summed E-state index contributed by atoms with van der Waals surface area (Å²) >= 11 is 0. The van der Waals surface area contributed by atoms with E-state index in [0.717, 1.165) is 6.42 Å². The highest BCUT2D eigenvalue weighted by atomic mass is 16.5. The van der Waals surface area contributed by atoms with Crippen LogP contribution in [0.1, 0.15) is 40.0 Å². The molecule has 0 amide bonds. The molecule has 4 heteroatoms. The lowest BCUT2D eigenvalue weighted by atomic mass is 9.88. The van der Waals surface area contributed by atoms with Crippen LogP contribution in [0.15, 0.2) is 0 Å². The zero-order valence-electron chi connectivity index (χ0n) is 10.5. The highest BCUT2D eigenvalue weighted by Crippen LogP contribution is 2.21. The molecule has 96 valence electrons. The minimum Gasteiger partial charge on any atom is -0.465 e. The highest BCUT2D eigenvalue weighted by Gasteiger charge is 2.28. The summed E-state index contributed by atoms with van der Waals surface area (Å²) in [6.07, 6.45) is 1.78. The van der Waals surface area contributed by atoms with Crippen LogP contribution in [-0.4, -0.2) is 36.0 Å². The van der Waals surface area contributed by atoms with Gasteiger partial charge in [0.15, 0.2) is 0 Å². The molecule has 0 aromatic rings. The molecule has 0 saturated carbocycles. The molecule has 0 rings (SSSR count). The molecular formula is C12H24O4. The van der Waals surface area contributed by atoms with Gasteiger partial charge in [-0.1, -0.05) is 20.8 Å². The molecule has 0 aromatic heterocycles. The molecule has 0 atom stereocenters. The van der Waals surface area contributed by atoms with Crippen LogP contribution in [0.3, 0.4) is 0 Å². The Bertz CT molecular complexity index is 189. The standard InChI is InChI=1S/C12H24O4/c1-4-12(7-13,8-14)9-16-11(15)6-5-10(2)3/h10,13-14H,4-9H2,1-3H3. The summed E-state index contributed by atoms with van der Waals surface area (Å²) < 4.78 is 5.07. The van der Waals surface area contributed by atoms with E-state index < -0.39 is 5.41 Å². The van der Waals surface area contributed by atoms with Gasteiger partial charge in [-0.05, 0) is 18.8 Å². The molecule has 0 aliphatic heterocycles. The smallest absolute Gasteiger partial charge is 0.305 e. The van der Waals surface area contributed by atoms with Gasteiger partial charge in [-0.15, -0.1) is 0 Å². The van der Waals surface area contributed by atoms with Crippen LogP contribution in [0.25, 0.3) is 0 Å². The fraction of sp³-hybridized carbons (Fsp3) is 0.917. The van der Waals surface area contributed by atoms with Crippen molar-refractivity contribution in [1.29, 1.82) is 0 Å². The zero-order valence-corrected chi connectivity index (χ0v) is 10.5. The minimum absolute atomic E-state index is 0.0907. The Balaban J connectivity index is 3.97. The topological polar surface area (TPSA) is 66.8 Å². The maximum atomic E-state index is 11.4. The van der Waals surface area contributed by atoms with Crippen molar-refractivity contribution in [1.82, 2.24) is 0 Å². The summed E-state index contributed by atoms with van der Waals surface area (Å²) in [6.45, 7) is 5.70. The minimum atomic E-state index is -0.687. The van der Waals surface area contributed by atoms with Crippen molar-refractivity contribution in [2.45, 2.75) is 40.0 Å². The first-order chi connectivity index (χ1) is 7.49. The Morgan fingerprint density at radius 3 is 2.25 bits per heavy atom. The van der Waals surface area contributed by atoms with Crippen LogP contribution in [0.2, 0.25) is 0 Å². The third-order valence-electron chi connectivity index (χ3n) is 2.89.